The summed E-state index contributed by atoms with van der Waals surface area (Å²) in [6.07, 6.45) is 0. The van der Waals surface area contributed by atoms with Gasteiger partial charge in [-0.2, -0.15) is 0 Å². The Labute approximate surface area is 126 Å². The van der Waals surface area contributed by atoms with E-state index in [4.69, 9.17) is 15.3 Å². The van der Waals surface area contributed by atoms with E-state index in [0.717, 1.165) is 0 Å². The number of rotatable bonds is 0. The van der Waals surface area contributed by atoms with Crippen LogP contribution in [0, 0.1) is 55.3 Å². The van der Waals surface area contributed by atoms with E-state index in [9.17, 15) is 0 Å². The van der Waals surface area contributed by atoms with E-state index in [2.05, 4.69) is 0 Å². The Hall–Kier alpha value is 0.0447. The SMILES string of the molecule is O.O.O.O.O.O.O.O.O.O.O.O.O=[N+]([O-])[O-].[Th]. The molecule has 0 radical (unpaired) electrons. The summed E-state index contributed by atoms with van der Waals surface area (Å²) >= 11 is 0. The van der Waals surface area contributed by atoms with Gasteiger partial charge < -0.3 is 81.0 Å². The van der Waals surface area contributed by atoms with Crippen molar-refractivity contribution in [3.05, 3.63) is 15.3 Å². The maximum absolute atomic E-state index is 8.25. The van der Waals surface area contributed by atoms with Crippen LogP contribution in [0.25, 0.3) is 0 Å². The standard InChI is InChI=1S/NO3.12H2O.Th/c2-1(3)4;;;;;;;;;;;;;/h;12*1H2;/q-1;;;;;;;;;;;;;. The summed E-state index contributed by atoms with van der Waals surface area (Å²) in [6.45, 7) is 0. The molecule has 0 rings (SSSR count). The van der Waals surface area contributed by atoms with Gasteiger partial charge in [-0.05, 0) is 0 Å². The van der Waals surface area contributed by atoms with Gasteiger partial charge in [-0.1, -0.05) is 0 Å². The average Bonchev–Trinajstić information content (AvgIpc) is 0.811. The van der Waals surface area contributed by atoms with Crippen LogP contribution in [0.2, 0.25) is 0 Å². The van der Waals surface area contributed by atoms with Crippen LogP contribution in [0.4, 0.5) is 0 Å². The van der Waals surface area contributed by atoms with Gasteiger partial charge in [0.2, 0.25) is 0 Å². The summed E-state index contributed by atoms with van der Waals surface area (Å²) in [7, 11) is 0. The molecule has 0 fully saturated rings. The van der Waals surface area contributed by atoms with Crippen molar-refractivity contribution in [1.82, 2.24) is 0 Å². The monoisotopic (exact) mass is 510 g/mol. The fraction of sp³-hybridized carbons (Fsp3) is 0. The summed E-state index contributed by atoms with van der Waals surface area (Å²) in [6, 6.07) is 0. The van der Waals surface area contributed by atoms with Crippen molar-refractivity contribution in [3.63, 3.8) is 0 Å². The van der Waals surface area contributed by atoms with Gasteiger partial charge in [0.05, 0.1) is 5.09 Å². The third-order valence-electron chi connectivity index (χ3n) is 0. The van der Waals surface area contributed by atoms with Crippen LogP contribution in [-0.2, 0) is 0 Å². The Morgan fingerprint density at radius 1 is 0.471 bits per heavy atom. The Balaban J connectivity index is -0.000000000577. The van der Waals surface area contributed by atoms with Crippen molar-refractivity contribution in [3.8, 4) is 0 Å². The van der Waals surface area contributed by atoms with Crippen molar-refractivity contribution in [2.45, 2.75) is 0 Å². The molecule has 124 valence electrons. The summed E-state index contributed by atoms with van der Waals surface area (Å²) < 4.78 is 0. The molecule has 16 nitrogen and oxygen atoms in total. The largest absolute Gasteiger partial charge is 0.412 e. The third kappa shape index (κ3) is 1590000. The molecule has 0 aliphatic rings. The number of hydrogen-bond acceptors (Lipinski definition) is 3. The van der Waals surface area contributed by atoms with E-state index >= 15 is 0 Å². The normalized spacial score (nSPS) is 1.41. The second kappa shape index (κ2) is 392. The van der Waals surface area contributed by atoms with Gasteiger partial charge in [-0.15, -0.1) is 0 Å². The van der Waals surface area contributed by atoms with Crippen LogP contribution >= 0.6 is 0 Å². The van der Waals surface area contributed by atoms with Gasteiger partial charge in [0.15, 0.2) is 0 Å². The maximum atomic E-state index is 8.25. The molecule has 17 heteroatoms. The molecule has 0 aliphatic heterocycles. The minimum absolute atomic E-state index is 0. The van der Waals surface area contributed by atoms with Crippen LogP contribution in [0.3, 0.4) is 0 Å². The first-order valence-electron chi connectivity index (χ1n) is 0.548. The van der Waals surface area contributed by atoms with Crippen molar-refractivity contribution < 1.29 is 111 Å². The molecule has 0 heterocycles. The summed E-state index contributed by atoms with van der Waals surface area (Å²) in [5.74, 6) is 0. The first-order chi connectivity index (χ1) is 1.73. The van der Waals surface area contributed by atoms with Crippen molar-refractivity contribution in [2.24, 2.45) is 0 Å². The number of nitrogens with zero attached hydrogens (tertiary/aromatic N) is 1. The molecule has 17 heavy (non-hydrogen) atoms. The minimum atomic E-state index is -1.75. The van der Waals surface area contributed by atoms with E-state index < -0.39 is 5.09 Å². The Kier molecular flexibility index (Phi) is 10900. The Morgan fingerprint density at radius 3 is 0.471 bits per heavy atom. The van der Waals surface area contributed by atoms with Crippen molar-refractivity contribution in [2.75, 3.05) is 0 Å². The Bertz CT molecular complexity index is 33.9. The van der Waals surface area contributed by atoms with Crippen LogP contribution in [0.5, 0.6) is 0 Å². The molecule has 0 unspecified atom stereocenters. The first kappa shape index (κ1) is 473. The third-order valence-corrected chi connectivity index (χ3v) is 0. The molecule has 0 aromatic heterocycles. The fourth-order valence-electron chi connectivity index (χ4n) is 0. The average molecular weight is 510 g/mol. The second-order valence-corrected chi connectivity index (χ2v) is 0.224. The predicted molar refractivity (Wildman–Crippen MR) is 53.7 cm³/mol. The number of hydrogen-bond donors (Lipinski definition) is 0. The zero-order chi connectivity index (χ0) is 3.58. The zero-order valence-corrected chi connectivity index (χ0v) is 12.3. The van der Waals surface area contributed by atoms with E-state index in [-0.39, 0.29) is 106 Å². The molecule has 0 bridgehead atoms. The fourth-order valence-corrected chi connectivity index (χ4v) is 0. The zero-order valence-electron chi connectivity index (χ0n) is 8.17. The van der Waals surface area contributed by atoms with Gasteiger partial charge in [0.1, 0.15) is 0 Å². The van der Waals surface area contributed by atoms with E-state index in [0.29, 0.717) is 0 Å². The van der Waals surface area contributed by atoms with Crippen molar-refractivity contribution >= 4 is 0 Å². The van der Waals surface area contributed by atoms with E-state index in [1.807, 2.05) is 0 Å². The van der Waals surface area contributed by atoms with Gasteiger partial charge in [0.25, 0.3) is 0 Å². The van der Waals surface area contributed by atoms with Gasteiger partial charge in [-0.25, -0.2) is 0 Å². The quantitative estimate of drug-likeness (QED) is 0.226. The second-order valence-electron chi connectivity index (χ2n) is 0.224. The van der Waals surface area contributed by atoms with Gasteiger partial charge in [-0.3, -0.25) is 0 Å². The predicted octanol–water partition coefficient (Wildman–Crippen LogP) is -10.1. The summed E-state index contributed by atoms with van der Waals surface area (Å²) in [5.41, 5.74) is 0. The van der Waals surface area contributed by atoms with Gasteiger partial charge >= 0.3 is 0 Å². The molecule has 0 spiro atoms. The van der Waals surface area contributed by atoms with Gasteiger partial charge in [0, 0.05) is 39.9 Å². The topological polar surface area (TPSA) is 444 Å². The van der Waals surface area contributed by atoms with Crippen LogP contribution in [-0.4, -0.2) is 70.8 Å². The molecule has 0 atom stereocenters. The Morgan fingerprint density at radius 2 is 0.471 bits per heavy atom. The molecule has 0 amide bonds. The molecule has 24 N–H and O–H groups in total. The first-order valence-corrected chi connectivity index (χ1v) is 0.548. The van der Waals surface area contributed by atoms with Crippen LogP contribution in [0.15, 0.2) is 0 Å². The molecular weight excluding hydrogens is 486 g/mol. The van der Waals surface area contributed by atoms with E-state index in [1.165, 1.54) is 0 Å². The molecule has 0 aromatic rings. The molecule has 0 aromatic carbocycles. The minimum Gasteiger partial charge on any atom is -0.412 e. The molecule has 0 aliphatic carbocycles. The smallest absolute Gasteiger partial charge is 0.0689 e. The molecule has 0 saturated carbocycles. The molecular formula is H24NO15Th-. The maximum Gasteiger partial charge on any atom is 0.0689 e. The van der Waals surface area contributed by atoms with Crippen LogP contribution in [0.1, 0.15) is 0 Å². The van der Waals surface area contributed by atoms with Crippen LogP contribution < -0.4 is 0 Å². The molecule has 0 saturated heterocycles. The van der Waals surface area contributed by atoms with Crippen molar-refractivity contribution in [1.29, 1.82) is 0 Å². The summed E-state index contributed by atoms with van der Waals surface area (Å²) in [4.78, 5) is 8.25. The summed E-state index contributed by atoms with van der Waals surface area (Å²) in [5, 5.41) is 14.8. The van der Waals surface area contributed by atoms with E-state index in [1.54, 1.807) is 0 Å².